The molecule has 2 rings (SSSR count). The summed E-state index contributed by atoms with van der Waals surface area (Å²) in [6.45, 7) is 4.12. The van der Waals surface area contributed by atoms with Crippen LogP contribution >= 0.6 is 0 Å². The Hall–Kier alpha value is -1.67. The fraction of sp³-hybridized carbons (Fsp3) is 0.214. The van der Waals surface area contributed by atoms with Crippen LogP contribution in [0.25, 0.3) is 0 Å². The molecule has 2 nitrogen and oxygen atoms in total. The number of aromatic nitrogens is 1. The van der Waals surface area contributed by atoms with Crippen LogP contribution in [0.3, 0.4) is 0 Å². The van der Waals surface area contributed by atoms with Gasteiger partial charge in [0, 0.05) is 12.4 Å². The monoisotopic (exact) mass is 213 g/mol. The Kier molecular flexibility index (Phi) is 3.02. The minimum absolute atomic E-state index is 0.567. The van der Waals surface area contributed by atoms with Gasteiger partial charge in [-0.25, -0.2) is 0 Å². The normalized spacial score (nSPS) is 12.4. The van der Waals surface area contributed by atoms with Gasteiger partial charge in [0.05, 0.1) is 0 Å². The molecule has 1 aromatic heterocycles. The minimum Gasteiger partial charge on any atom is -0.384 e. The minimum atomic E-state index is -0.567. The van der Waals surface area contributed by atoms with E-state index in [1.54, 1.807) is 12.4 Å². The molecule has 1 atom stereocenters. The molecule has 16 heavy (non-hydrogen) atoms. The van der Waals surface area contributed by atoms with Gasteiger partial charge in [-0.3, -0.25) is 4.98 Å². The van der Waals surface area contributed by atoms with E-state index >= 15 is 0 Å². The Morgan fingerprint density at radius 1 is 0.938 bits per heavy atom. The maximum absolute atomic E-state index is 10.2. The van der Waals surface area contributed by atoms with Crippen LogP contribution in [0, 0.1) is 13.8 Å². The highest BCUT2D eigenvalue weighted by atomic mass is 16.3. The topological polar surface area (TPSA) is 33.1 Å². The van der Waals surface area contributed by atoms with Crippen molar-refractivity contribution in [3.8, 4) is 0 Å². The van der Waals surface area contributed by atoms with E-state index in [2.05, 4.69) is 18.8 Å². The van der Waals surface area contributed by atoms with Crippen LogP contribution in [0.4, 0.5) is 0 Å². The molecule has 0 saturated heterocycles. The number of hydrogen-bond donors (Lipinski definition) is 1. The van der Waals surface area contributed by atoms with Gasteiger partial charge in [0.25, 0.3) is 0 Å². The van der Waals surface area contributed by atoms with Crippen molar-refractivity contribution in [2.45, 2.75) is 20.0 Å². The Morgan fingerprint density at radius 3 is 2.25 bits per heavy atom. The molecule has 0 saturated carbocycles. The Bertz CT molecular complexity index is 479. The van der Waals surface area contributed by atoms with E-state index in [0.29, 0.717) is 0 Å². The van der Waals surface area contributed by atoms with Crippen molar-refractivity contribution in [3.63, 3.8) is 0 Å². The van der Waals surface area contributed by atoms with Crippen LogP contribution in [0.1, 0.15) is 28.4 Å². The number of nitrogens with zero attached hydrogens (tertiary/aromatic N) is 1. The molecule has 0 fully saturated rings. The molecule has 1 N–H and O–H groups in total. The van der Waals surface area contributed by atoms with E-state index in [1.165, 1.54) is 11.1 Å². The smallest absolute Gasteiger partial charge is 0.104 e. The average Bonchev–Trinajstić information content (AvgIpc) is 2.33. The lowest BCUT2D eigenvalue weighted by atomic mass is 9.99. The van der Waals surface area contributed by atoms with Crippen molar-refractivity contribution in [1.82, 2.24) is 4.98 Å². The zero-order valence-corrected chi connectivity index (χ0v) is 9.51. The standard InChI is InChI=1S/C14H15NO/c1-10-3-4-13(9-11(10)2)14(16)12-5-7-15-8-6-12/h3-9,14,16H,1-2H3/t14-/m0/s1. The Balaban J connectivity index is 2.34. The molecule has 2 aromatic rings. The number of pyridine rings is 1. The summed E-state index contributed by atoms with van der Waals surface area (Å²) in [6.07, 6.45) is 2.82. The number of hydrogen-bond acceptors (Lipinski definition) is 2. The van der Waals surface area contributed by atoms with Gasteiger partial charge >= 0.3 is 0 Å². The molecule has 1 heterocycles. The summed E-state index contributed by atoms with van der Waals surface area (Å²) < 4.78 is 0. The summed E-state index contributed by atoms with van der Waals surface area (Å²) in [5.74, 6) is 0. The average molecular weight is 213 g/mol. The van der Waals surface area contributed by atoms with Gasteiger partial charge in [0.15, 0.2) is 0 Å². The van der Waals surface area contributed by atoms with E-state index in [1.807, 2.05) is 30.3 Å². The first-order valence-electron chi connectivity index (χ1n) is 5.33. The number of aliphatic hydroxyl groups is 1. The fourth-order valence-corrected chi connectivity index (χ4v) is 1.67. The van der Waals surface area contributed by atoms with Gasteiger partial charge in [-0.2, -0.15) is 0 Å². The summed E-state index contributed by atoms with van der Waals surface area (Å²) >= 11 is 0. The van der Waals surface area contributed by atoms with Crippen LogP contribution < -0.4 is 0 Å². The van der Waals surface area contributed by atoms with Crippen molar-refractivity contribution in [2.24, 2.45) is 0 Å². The third-order valence-electron chi connectivity index (χ3n) is 2.87. The summed E-state index contributed by atoms with van der Waals surface area (Å²) in [6, 6.07) is 9.70. The van der Waals surface area contributed by atoms with E-state index in [4.69, 9.17) is 0 Å². The van der Waals surface area contributed by atoms with Crippen molar-refractivity contribution >= 4 is 0 Å². The van der Waals surface area contributed by atoms with Crippen molar-refractivity contribution in [1.29, 1.82) is 0 Å². The molecule has 82 valence electrons. The lowest BCUT2D eigenvalue weighted by Gasteiger charge is -2.12. The third kappa shape index (κ3) is 2.12. The van der Waals surface area contributed by atoms with Crippen molar-refractivity contribution in [2.75, 3.05) is 0 Å². The molecule has 0 spiro atoms. The van der Waals surface area contributed by atoms with Crippen molar-refractivity contribution in [3.05, 3.63) is 65.0 Å². The maximum Gasteiger partial charge on any atom is 0.104 e. The van der Waals surface area contributed by atoms with Gasteiger partial charge in [0.2, 0.25) is 0 Å². The fourth-order valence-electron chi connectivity index (χ4n) is 1.67. The van der Waals surface area contributed by atoms with Crippen LogP contribution in [0.15, 0.2) is 42.7 Å². The lowest BCUT2D eigenvalue weighted by molar-refractivity contribution is 0.220. The summed E-state index contributed by atoms with van der Waals surface area (Å²) in [5, 5.41) is 10.2. The number of rotatable bonds is 2. The second-order valence-electron chi connectivity index (χ2n) is 4.03. The molecular formula is C14H15NO. The van der Waals surface area contributed by atoms with Gasteiger partial charge in [0.1, 0.15) is 6.10 Å². The van der Waals surface area contributed by atoms with Crippen LogP contribution in [0.2, 0.25) is 0 Å². The first-order valence-corrected chi connectivity index (χ1v) is 5.33. The molecule has 0 aliphatic carbocycles. The predicted molar refractivity (Wildman–Crippen MR) is 64.2 cm³/mol. The number of benzene rings is 1. The maximum atomic E-state index is 10.2. The van der Waals surface area contributed by atoms with E-state index < -0.39 is 6.10 Å². The quantitative estimate of drug-likeness (QED) is 0.832. The number of aryl methyl sites for hydroxylation is 2. The Labute approximate surface area is 95.6 Å². The van der Waals surface area contributed by atoms with E-state index in [0.717, 1.165) is 11.1 Å². The van der Waals surface area contributed by atoms with Crippen molar-refractivity contribution < 1.29 is 5.11 Å². The third-order valence-corrected chi connectivity index (χ3v) is 2.87. The zero-order chi connectivity index (χ0) is 11.5. The van der Waals surface area contributed by atoms with E-state index in [9.17, 15) is 5.11 Å². The highest BCUT2D eigenvalue weighted by Gasteiger charge is 2.10. The lowest BCUT2D eigenvalue weighted by Crippen LogP contribution is -2.00. The number of aliphatic hydroxyl groups excluding tert-OH is 1. The first kappa shape index (κ1) is 10.8. The van der Waals surface area contributed by atoms with Gasteiger partial charge in [-0.15, -0.1) is 0 Å². The molecule has 0 aliphatic rings. The van der Waals surface area contributed by atoms with Crippen LogP contribution in [0.5, 0.6) is 0 Å². The summed E-state index contributed by atoms with van der Waals surface area (Å²) in [5.41, 5.74) is 4.24. The summed E-state index contributed by atoms with van der Waals surface area (Å²) in [7, 11) is 0. The largest absolute Gasteiger partial charge is 0.384 e. The van der Waals surface area contributed by atoms with Gasteiger partial charge in [-0.05, 0) is 48.2 Å². The van der Waals surface area contributed by atoms with Gasteiger partial charge in [-0.1, -0.05) is 18.2 Å². The highest BCUT2D eigenvalue weighted by Crippen LogP contribution is 2.22. The predicted octanol–water partition coefficient (Wildman–Crippen LogP) is 2.78. The molecule has 0 aliphatic heterocycles. The SMILES string of the molecule is Cc1ccc([C@@H](O)c2ccncc2)cc1C. The second kappa shape index (κ2) is 4.45. The summed E-state index contributed by atoms with van der Waals surface area (Å²) in [4.78, 5) is 3.94. The molecular weight excluding hydrogens is 198 g/mol. The van der Waals surface area contributed by atoms with Gasteiger partial charge < -0.3 is 5.11 Å². The molecule has 1 aromatic carbocycles. The molecule has 0 unspecified atom stereocenters. The second-order valence-corrected chi connectivity index (χ2v) is 4.03. The molecule has 0 radical (unpaired) electrons. The molecule has 0 bridgehead atoms. The first-order chi connectivity index (χ1) is 7.68. The van der Waals surface area contributed by atoms with E-state index in [-0.39, 0.29) is 0 Å². The van der Waals surface area contributed by atoms with Crippen LogP contribution in [-0.2, 0) is 0 Å². The zero-order valence-electron chi connectivity index (χ0n) is 9.51. The molecule has 0 amide bonds. The Morgan fingerprint density at radius 2 is 1.62 bits per heavy atom. The van der Waals surface area contributed by atoms with Crippen LogP contribution in [-0.4, -0.2) is 10.1 Å². The highest BCUT2D eigenvalue weighted by molar-refractivity contribution is 5.35. The molecule has 2 heteroatoms.